The maximum Gasteiger partial charge on any atom is 0.339 e. The molecule has 0 radical (unpaired) electrons. The predicted octanol–water partition coefficient (Wildman–Crippen LogP) is 3.67. The molecule has 1 atom stereocenters. The average molecular weight is 352 g/mol. The molecule has 2 aromatic rings. The van der Waals surface area contributed by atoms with Gasteiger partial charge in [-0.25, -0.2) is 9.18 Å². The average Bonchev–Trinajstić information content (AvgIpc) is 2.57. The third-order valence-corrected chi connectivity index (χ3v) is 3.46. The van der Waals surface area contributed by atoms with Crippen molar-refractivity contribution in [1.82, 2.24) is 0 Å². The minimum absolute atomic E-state index is 0.143. The van der Waals surface area contributed by atoms with Gasteiger partial charge in [-0.05, 0) is 49.4 Å². The minimum atomic E-state index is -0.826. The van der Waals surface area contributed by atoms with E-state index in [-0.39, 0.29) is 10.6 Å². The first-order valence-electron chi connectivity index (χ1n) is 7.01. The van der Waals surface area contributed by atoms with Gasteiger partial charge in [-0.15, -0.1) is 0 Å². The van der Waals surface area contributed by atoms with Crippen LogP contribution in [0.2, 0.25) is 5.02 Å². The molecule has 0 bridgehead atoms. The summed E-state index contributed by atoms with van der Waals surface area (Å²) in [6, 6.07) is 9.78. The molecule has 1 amide bonds. The van der Waals surface area contributed by atoms with E-state index in [9.17, 15) is 14.0 Å². The second kappa shape index (κ2) is 7.79. The van der Waals surface area contributed by atoms with Gasteiger partial charge < -0.3 is 14.8 Å². The zero-order chi connectivity index (χ0) is 17.7. The number of esters is 1. The highest BCUT2D eigenvalue weighted by Gasteiger charge is 2.17. The number of nitrogens with one attached hydrogen (secondary N) is 1. The molecule has 24 heavy (non-hydrogen) atoms. The van der Waals surface area contributed by atoms with Gasteiger partial charge in [0.25, 0.3) is 5.91 Å². The Bertz CT molecular complexity index is 749. The first-order chi connectivity index (χ1) is 11.4. The quantitative estimate of drug-likeness (QED) is 0.835. The first-order valence-corrected chi connectivity index (χ1v) is 7.39. The van der Waals surface area contributed by atoms with Crippen molar-refractivity contribution in [3.05, 3.63) is 58.9 Å². The van der Waals surface area contributed by atoms with Crippen molar-refractivity contribution in [3.63, 3.8) is 0 Å². The largest absolute Gasteiger partial charge is 0.481 e. The molecule has 0 spiro atoms. The molecule has 0 aromatic heterocycles. The van der Waals surface area contributed by atoms with Crippen LogP contribution in [0.1, 0.15) is 17.3 Å². The van der Waals surface area contributed by atoms with Crippen molar-refractivity contribution in [2.45, 2.75) is 13.0 Å². The number of benzene rings is 2. The highest BCUT2D eigenvalue weighted by molar-refractivity contribution is 6.33. The summed E-state index contributed by atoms with van der Waals surface area (Å²) in [4.78, 5) is 23.8. The molecule has 2 rings (SSSR count). The van der Waals surface area contributed by atoms with Crippen LogP contribution < -0.4 is 10.1 Å². The van der Waals surface area contributed by atoms with Crippen molar-refractivity contribution < 1.29 is 23.5 Å². The molecule has 1 N–H and O–H groups in total. The predicted molar refractivity (Wildman–Crippen MR) is 87.9 cm³/mol. The Morgan fingerprint density at radius 3 is 2.46 bits per heavy atom. The second-order valence-electron chi connectivity index (χ2n) is 4.89. The molecule has 0 saturated heterocycles. The number of anilines is 1. The zero-order valence-corrected chi connectivity index (χ0v) is 13.8. The summed E-state index contributed by atoms with van der Waals surface area (Å²) < 4.78 is 22.9. The van der Waals surface area contributed by atoms with Crippen LogP contribution in [0, 0.1) is 5.82 Å². The van der Waals surface area contributed by atoms with Crippen LogP contribution in [-0.4, -0.2) is 25.1 Å². The van der Waals surface area contributed by atoms with E-state index in [1.54, 1.807) is 13.0 Å². The lowest BCUT2D eigenvalue weighted by Crippen LogP contribution is -2.30. The summed E-state index contributed by atoms with van der Waals surface area (Å²) in [5, 5.41) is 2.83. The highest BCUT2D eigenvalue weighted by Crippen LogP contribution is 2.22. The van der Waals surface area contributed by atoms with Gasteiger partial charge in [-0.3, -0.25) is 4.79 Å². The summed E-state index contributed by atoms with van der Waals surface area (Å²) in [6.07, 6.45) is -0.826. The Hall–Kier alpha value is -2.60. The molecule has 0 aliphatic rings. The number of ether oxygens (including phenoxy) is 2. The van der Waals surface area contributed by atoms with Crippen molar-refractivity contribution >= 4 is 29.2 Å². The number of carbonyl (C=O) groups excluding carboxylic acids is 2. The van der Waals surface area contributed by atoms with Crippen LogP contribution >= 0.6 is 11.6 Å². The molecular formula is C17H15ClFNO4. The molecular weight excluding hydrogens is 337 g/mol. The van der Waals surface area contributed by atoms with E-state index in [0.717, 1.165) is 0 Å². The van der Waals surface area contributed by atoms with Gasteiger partial charge in [0.15, 0.2) is 6.10 Å². The Labute approximate surface area is 143 Å². The fourth-order valence-corrected chi connectivity index (χ4v) is 2.08. The molecule has 0 aliphatic carbocycles. The van der Waals surface area contributed by atoms with Crippen LogP contribution in [0.5, 0.6) is 5.75 Å². The van der Waals surface area contributed by atoms with E-state index in [1.165, 1.54) is 43.5 Å². The highest BCUT2D eigenvalue weighted by atomic mass is 35.5. The molecule has 5 nitrogen and oxygen atoms in total. The maximum atomic E-state index is 12.9. The summed E-state index contributed by atoms with van der Waals surface area (Å²) in [5.41, 5.74) is 0.517. The minimum Gasteiger partial charge on any atom is -0.481 e. The van der Waals surface area contributed by atoms with Gasteiger partial charge in [0.2, 0.25) is 0 Å². The lowest BCUT2D eigenvalue weighted by molar-refractivity contribution is -0.122. The Balaban J connectivity index is 2.05. The van der Waals surface area contributed by atoms with Crippen LogP contribution in [0.4, 0.5) is 10.1 Å². The smallest absolute Gasteiger partial charge is 0.339 e. The Morgan fingerprint density at radius 1 is 1.17 bits per heavy atom. The maximum absolute atomic E-state index is 12.9. The second-order valence-corrected chi connectivity index (χ2v) is 5.30. The summed E-state index contributed by atoms with van der Waals surface area (Å²) in [5.74, 6) is -1.06. The normalized spacial score (nSPS) is 11.5. The number of halogens is 2. The molecule has 2 aromatic carbocycles. The fraction of sp³-hybridized carbons (Fsp3) is 0.176. The van der Waals surface area contributed by atoms with E-state index in [0.29, 0.717) is 11.4 Å². The molecule has 0 aliphatic heterocycles. The first kappa shape index (κ1) is 17.7. The summed E-state index contributed by atoms with van der Waals surface area (Å²) in [7, 11) is 1.24. The van der Waals surface area contributed by atoms with Crippen molar-refractivity contribution in [1.29, 1.82) is 0 Å². The lowest BCUT2D eigenvalue weighted by Gasteiger charge is -2.15. The molecule has 0 heterocycles. The van der Waals surface area contributed by atoms with E-state index in [1.807, 2.05) is 0 Å². The molecule has 0 fully saturated rings. The van der Waals surface area contributed by atoms with Gasteiger partial charge in [-0.1, -0.05) is 11.6 Å². The van der Waals surface area contributed by atoms with E-state index in [2.05, 4.69) is 10.1 Å². The van der Waals surface area contributed by atoms with Gasteiger partial charge in [0.05, 0.1) is 17.7 Å². The van der Waals surface area contributed by atoms with Gasteiger partial charge in [0.1, 0.15) is 11.6 Å². The molecule has 126 valence electrons. The fourth-order valence-electron chi connectivity index (χ4n) is 1.88. The van der Waals surface area contributed by atoms with Crippen molar-refractivity contribution in [2.24, 2.45) is 0 Å². The molecule has 0 saturated carbocycles. The molecule has 1 unspecified atom stereocenters. The third kappa shape index (κ3) is 4.45. The SMILES string of the molecule is COC(=O)c1cc(NC(=O)C(C)Oc2ccc(F)cc2)ccc1Cl. The third-order valence-electron chi connectivity index (χ3n) is 3.13. The van der Waals surface area contributed by atoms with Gasteiger partial charge in [-0.2, -0.15) is 0 Å². The Kier molecular flexibility index (Phi) is 5.76. The van der Waals surface area contributed by atoms with Crippen molar-refractivity contribution in [3.8, 4) is 5.75 Å². The summed E-state index contributed by atoms with van der Waals surface area (Å²) in [6.45, 7) is 1.55. The number of carbonyl (C=O) groups is 2. The van der Waals surface area contributed by atoms with Crippen LogP contribution in [0.3, 0.4) is 0 Å². The van der Waals surface area contributed by atoms with E-state index < -0.39 is 23.8 Å². The number of rotatable bonds is 5. The van der Waals surface area contributed by atoms with Crippen LogP contribution in [-0.2, 0) is 9.53 Å². The standard InChI is InChI=1S/C17H15ClFNO4/c1-10(24-13-6-3-11(19)4-7-13)16(21)20-12-5-8-15(18)14(9-12)17(22)23-2/h3-10H,1-2H3,(H,20,21). The monoisotopic (exact) mass is 351 g/mol. The van der Waals surface area contributed by atoms with E-state index >= 15 is 0 Å². The van der Waals surface area contributed by atoms with Crippen LogP contribution in [0.25, 0.3) is 0 Å². The number of hydrogen-bond acceptors (Lipinski definition) is 4. The van der Waals surface area contributed by atoms with Crippen molar-refractivity contribution in [2.75, 3.05) is 12.4 Å². The van der Waals surface area contributed by atoms with Gasteiger partial charge >= 0.3 is 5.97 Å². The zero-order valence-electron chi connectivity index (χ0n) is 13.0. The lowest BCUT2D eigenvalue weighted by atomic mass is 10.2. The number of amides is 1. The van der Waals surface area contributed by atoms with E-state index in [4.69, 9.17) is 16.3 Å². The number of methoxy groups -OCH3 is 1. The topological polar surface area (TPSA) is 64.6 Å². The molecule has 7 heteroatoms. The van der Waals surface area contributed by atoms with Gasteiger partial charge in [0, 0.05) is 5.69 Å². The Morgan fingerprint density at radius 2 is 1.83 bits per heavy atom. The number of hydrogen-bond donors (Lipinski definition) is 1. The van der Waals surface area contributed by atoms with Crippen LogP contribution in [0.15, 0.2) is 42.5 Å². The summed E-state index contributed by atoms with van der Waals surface area (Å²) >= 11 is 5.92.